The average molecular weight is 393 g/mol. The number of hydrogen-bond acceptors (Lipinski definition) is 4. The van der Waals surface area contributed by atoms with Gasteiger partial charge in [0.15, 0.2) is 0 Å². The highest BCUT2D eigenvalue weighted by Gasteiger charge is 2.26. The van der Waals surface area contributed by atoms with Gasteiger partial charge in [-0.3, -0.25) is 4.68 Å². The first-order valence-electron chi connectivity index (χ1n) is 8.72. The molecule has 0 amide bonds. The Morgan fingerprint density at radius 1 is 1.00 bits per heavy atom. The van der Waals surface area contributed by atoms with Crippen LogP contribution < -0.4 is 0 Å². The largest absolute Gasteiger partial charge is 0.383 e. The van der Waals surface area contributed by atoms with Crippen LogP contribution in [-0.2, 0) is 7.05 Å². The maximum absolute atomic E-state index is 11.2. The first kappa shape index (κ1) is 18.0. The molecule has 5 heteroatoms. The van der Waals surface area contributed by atoms with Crippen LogP contribution in [0.5, 0.6) is 0 Å². The molecule has 0 spiro atoms. The Morgan fingerprint density at radius 2 is 1.74 bits per heavy atom. The van der Waals surface area contributed by atoms with Crippen LogP contribution in [0.4, 0.5) is 0 Å². The van der Waals surface area contributed by atoms with E-state index in [1.165, 1.54) is 5.56 Å². The SMILES string of the molecule is Cc1ccc(Sc2c([C@H](O)c3cccs3)c(-c3ccccc3)nn2C)cc1. The molecule has 136 valence electrons. The summed E-state index contributed by atoms with van der Waals surface area (Å²) in [6.07, 6.45) is -0.707. The minimum Gasteiger partial charge on any atom is -0.383 e. The molecule has 0 radical (unpaired) electrons. The third kappa shape index (κ3) is 3.72. The van der Waals surface area contributed by atoms with Crippen molar-refractivity contribution in [2.24, 2.45) is 7.05 Å². The number of aliphatic hydroxyl groups is 1. The fourth-order valence-electron chi connectivity index (χ4n) is 3.01. The third-order valence-electron chi connectivity index (χ3n) is 4.40. The van der Waals surface area contributed by atoms with Gasteiger partial charge < -0.3 is 5.11 Å². The van der Waals surface area contributed by atoms with E-state index in [4.69, 9.17) is 5.10 Å². The number of aromatic nitrogens is 2. The van der Waals surface area contributed by atoms with E-state index < -0.39 is 6.10 Å². The molecule has 27 heavy (non-hydrogen) atoms. The van der Waals surface area contributed by atoms with E-state index in [-0.39, 0.29) is 0 Å². The smallest absolute Gasteiger partial charge is 0.118 e. The quantitative estimate of drug-likeness (QED) is 0.474. The van der Waals surface area contributed by atoms with Crippen molar-refractivity contribution in [2.75, 3.05) is 0 Å². The lowest BCUT2D eigenvalue weighted by Crippen LogP contribution is -2.01. The standard InChI is InChI=1S/C22H20N2OS2/c1-15-10-12-17(13-11-15)27-22-19(21(25)18-9-6-14-26-18)20(23-24(22)2)16-7-4-3-5-8-16/h3-14,21,25H,1-2H3/t21-/m1/s1. The van der Waals surface area contributed by atoms with Crippen LogP contribution in [0.25, 0.3) is 11.3 Å². The maximum atomic E-state index is 11.2. The normalized spacial score (nSPS) is 12.3. The van der Waals surface area contributed by atoms with Gasteiger partial charge in [0.05, 0.1) is 5.69 Å². The number of aryl methyl sites for hydroxylation is 2. The predicted molar refractivity (Wildman–Crippen MR) is 112 cm³/mol. The monoisotopic (exact) mass is 392 g/mol. The minimum absolute atomic E-state index is 0.707. The van der Waals surface area contributed by atoms with Gasteiger partial charge in [0, 0.05) is 27.9 Å². The van der Waals surface area contributed by atoms with Crippen molar-refractivity contribution in [2.45, 2.75) is 22.9 Å². The summed E-state index contributed by atoms with van der Waals surface area (Å²) in [4.78, 5) is 2.05. The van der Waals surface area contributed by atoms with E-state index in [0.29, 0.717) is 0 Å². The molecule has 0 bridgehead atoms. The average Bonchev–Trinajstić information content (AvgIpc) is 3.33. The van der Waals surface area contributed by atoms with Crippen LogP contribution in [0, 0.1) is 6.92 Å². The number of rotatable bonds is 5. The predicted octanol–water partition coefficient (Wildman–Crippen LogP) is 5.69. The van der Waals surface area contributed by atoms with Crippen LogP contribution in [0.3, 0.4) is 0 Å². The fourth-order valence-corrected chi connectivity index (χ4v) is 4.71. The van der Waals surface area contributed by atoms with Crippen molar-refractivity contribution in [3.63, 3.8) is 0 Å². The molecule has 1 atom stereocenters. The summed E-state index contributed by atoms with van der Waals surface area (Å²) in [6.45, 7) is 2.08. The van der Waals surface area contributed by atoms with Crippen LogP contribution in [-0.4, -0.2) is 14.9 Å². The van der Waals surface area contributed by atoms with E-state index in [9.17, 15) is 5.11 Å². The van der Waals surface area contributed by atoms with Gasteiger partial charge in [-0.2, -0.15) is 5.10 Å². The molecular weight excluding hydrogens is 372 g/mol. The maximum Gasteiger partial charge on any atom is 0.118 e. The second kappa shape index (κ2) is 7.72. The second-order valence-electron chi connectivity index (χ2n) is 6.39. The van der Waals surface area contributed by atoms with Gasteiger partial charge in [-0.25, -0.2) is 0 Å². The second-order valence-corrected chi connectivity index (χ2v) is 8.43. The number of nitrogens with zero attached hydrogens (tertiary/aromatic N) is 2. The van der Waals surface area contributed by atoms with Crippen molar-refractivity contribution in [3.8, 4) is 11.3 Å². The van der Waals surface area contributed by atoms with Gasteiger partial charge in [0.1, 0.15) is 11.1 Å². The van der Waals surface area contributed by atoms with Crippen molar-refractivity contribution in [1.29, 1.82) is 0 Å². The molecular formula is C22H20N2OS2. The number of hydrogen-bond donors (Lipinski definition) is 1. The lowest BCUT2D eigenvalue weighted by molar-refractivity contribution is 0.221. The molecule has 3 nitrogen and oxygen atoms in total. The van der Waals surface area contributed by atoms with Crippen molar-refractivity contribution >= 4 is 23.1 Å². The molecule has 0 fully saturated rings. The topological polar surface area (TPSA) is 38.1 Å². The zero-order chi connectivity index (χ0) is 18.8. The van der Waals surface area contributed by atoms with Crippen LogP contribution in [0.2, 0.25) is 0 Å². The van der Waals surface area contributed by atoms with E-state index in [0.717, 1.165) is 31.6 Å². The molecule has 4 aromatic rings. The van der Waals surface area contributed by atoms with Gasteiger partial charge >= 0.3 is 0 Å². The Bertz CT molecular complexity index is 1020. The zero-order valence-electron chi connectivity index (χ0n) is 15.2. The van der Waals surface area contributed by atoms with Gasteiger partial charge in [-0.1, -0.05) is 65.9 Å². The Hall–Kier alpha value is -2.34. The van der Waals surface area contributed by atoms with E-state index in [2.05, 4.69) is 31.2 Å². The fraction of sp³-hybridized carbons (Fsp3) is 0.136. The highest BCUT2D eigenvalue weighted by molar-refractivity contribution is 7.99. The summed E-state index contributed by atoms with van der Waals surface area (Å²) in [5, 5.41) is 18.9. The van der Waals surface area contributed by atoms with E-state index in [1.807, 2.05) is 59.6 Å². The Labute approximate surface area is 167 Å². The third-order valence-corrected chi connectivity index (χ3v) is 6.51. The lowest BCUT2D eigenvalue weighted by atomic mass is 10.0. The van der Waals surface area contributed by atoms with Gasteiger partial charge in [0.25, 0.3) is 0 Å². The summed E-state index contributed by atoms with van der Waals surface area (Å²) in [7, 11) is 1.94. The molecule has 0 saturated carbocycles. The molecule has 0 unspecified atom stereocenters. The Balaban J connectivity index is 1.84. The molecule has 4 rings (SSSR count). The molecule has 2 heterocycles. The zero-order valence-corrected chi connectivity index (χ0v) is 16.8. The van der Waals surface area contributed by atoms with Gasteiger partial charge in [0.2, 0.25) is 0 Å². The van der Waals surface area contributed by atoms with Gasteiger partial charge in [-0.05, 0) is 30.5 Å². The van der Waals surface area contributed by atoms with Crippen LogP contribution >= 0.6 is 23.1 Å². The highest BCUT2D eigenvalue weighted by atomic mass is 32.2. The molecule has 0 aliphatic carbocycles. The number of aliphatic hydroxyl groups excluding tert-OH is 1. The summed E-state index contributed by atoms with van der Waals surface area (Å²) in [5.41, 5.74) is 3.92. The highest BCUT2D eigenvalue weighted by Crippen LogP contribution is 2.41. The first-order valence-corrected chi connectivity index (χ1v) is 10.4. The van der Waals surface area contributed by atoms with Gasteiger partial charge in [-0.15, -0.1) is 11.3 Å². The Kier molecular flexibility index (Phi) is 5.16. The number of benzene rings is 2. The number of thiophene rings is 1. The van der Waals surface area contributed by atoms with Crippen LogP contribution in [0.1, 0.15) is 22.1 Å². The van der Waals surface area contributed by atoms with Crippen LogP contribution in [0.15, 0.2) is 82.0 Å². The molecule has 0 aliphatic rings. The minimum atomic E-state index is -0.707. The first-order chi connectivity index (χ1) is 13.1. The molecule has 2 aromatic carbocycles. The summed E-state index contributed by atoms with van der Waals surface area (Å²) in [5.74, 6) is 0. The summed E-state index contributed by atoms with van der Waals surface area (Å²) in [6, 6.07) is 22.4. The lowest BCUT2D eigenvalue weighted by Gasteiger charge is -2.13. The van der Waals surface area contributed by atoms with Crippen molar-refractivity contribution < 1.29 is 5.11 Å². The summed E-state index contributed by atoms with van der Waals surface area (Å²) >= 11 is 3.20. The molecule has 1 N–H and O–H groups in total. The van der Waals surface area contributed by atoms with E-state index in [1.54, 1.807) is 23.1 Å². The Morgan fingerprint density at radius 3 is 2.41 bits per heavy atom. The van der Waals surface area contributed by atoms with E-state index >= 15 is 0 Å². The molecule has 2 aromatic heterocycles. The molecule has 0 saturated heterocycles. The summed E-state index contributed by atoms with van der Waals surface area (Å²) < 4.78 is 1.87. The van der Waals surface area contributed by atoms with Crippen molar-refractivity contribution in [3.05, 3.63) is 88.1 Å². The molecule has 0 aliphatic heterocycles. The van der Waals surface area contributed by atoms with Crippen molar-refractivity contribution in [1.82, 2.24) is 9.78 Å².